The average Bonchev–Trinajstić information content (AvgIpc) is 3.49. The van der Waals surface area contributed by atoms with Crippen molar-refractivity contribution in [2.45, 2.75) is 63.2 Å². The van der Waals surface area contributed by atoms with Crippen molar-refractivity contribution < 1.29 is 14.3 Å². The Balaban J connectivity index is 1.09. The van der Waals surface area contributed by atoms with Gasteiger partial charge in [0, 0.05) is 24.6 Å². The molecular formula is C33H40FN3O2. The SMILES string of the molecule is O=C(O)C(CC1CC1)C1C[C@H](CN2CCC(c3cc(Cc4ccccc4)[nH]n3)CC2)[C@@H](c2cccc(F)c2)C1. The van der Waals surface area contributed by atoms with Crippen LogP contribution in [0.15, 0.2) is 60.7 Å². The second kappa shape index (κ2) is 11.6. The lowest BCUT2D eigenvalue weighted by Crippen LogP contribution is -2.37. The fourth-order valence-corrected chi connectivity index (χ4v) is 7.29. The number of H-pyrrole nitrogens is 1. The largest absolute Gasteiger partial charge is 0.481 e. The molecule has 2 unspecified atom stereocenters. The van der Waals surface area contributed by atoms with Crippen molar-refractivity contribution in [2.24, 2.45) is 23.7 Å². The first-order chi connectivity index (χ1) is 19.0. The molecule has 39 heavy (non-hydrogen) atoms. The summed E-state index contributed by atoms with van der Waals surface area (Å²) in [6.45, 7) is 3.00. The molecule has 1 saturated heterocycles. The van der Waals surface area contributed by atoms with Gasteiger partial charge in [-0.2, -0.15) is 5.10 Å². The Morgan fingerprint density at radius 3 is 2.54 bits per heavy atom. The van der Waals surface area contributed by atoms with E-state index in [9.17, 15) is 14.3 Å². The highest BCUT2D eigenvalue weighted by Gasteiger charge is 2.43. The molecule has 0 amide bonds. The molecule has 3 aromatic rings. The molecule has 3 fully saturated rings. The minimum Gasteiger partial charge on any atom is -0.481 e. The van der Waals surface area contributed by atoms with E-state index in [0.29, 0.717) is 17.8 Å². The zero-order valence-electron chi connectivity index (χ0n) is 22.6. The molecular weight excluding hydrogens is 489 g/mol. The summed E-state index contributed by atoms with van der Waals surface area (Å²) >= 11 is 0. The number of rotatable bonds is 10. The van der Waals surface area contributed by atoms with E-state index in [1.165, 1.54) is 30.2 Å². The lowest BCUT2D eigenvalue weighted by Gasteiger charge is -2.34. The Morgan fingerprint density at radius 1 is 1.03 bits per heavy atom. The van der Waals surface area contributed by atoms with Crippen LogP contribution in [0.4, 0.5) is 4.39 Å². The number of carboxylic acids is 1. The lowest BCUT2D eigenvalue weighted by molar-refractivity contribution is -0.144. The van der Waals surface area contributed by atoms with E-state index in [2.05, 4.69) is 45.4 Å². The molecule has 6 heteroatoms. The van der Waals surface area contributed by atoms with Crippen LogP contribution in [0.2, 0.25) is 0 Å². The van der Waals surface area contributed by atoms with Gasteiger partial charge in [0.15, 0.2) is 0 Å². The van der Waals surface area contributed by atoms with Crippen LogP contribution in [-0.2, 0) is 11.2 Å². The van der Waals surface area contributed by atoms with E-state index < -0.39 is 5.97 Å². The first-order valence-corrected chi connectivity index (χ1v) is 14.8. The molecule has 4 atom stereocenters. The van der Waals surface area contributed by atoms with Crippen molar-refractivity contribution >= 4 is 5.97 Å². The van der Waals surface area contributed by atoms with Gasteiger partial charge in [0.2, 0.25) is 0 Å². The minimum absolute atomic E-state index is 0.172. The number of aromatic amines is 1. The topological polar surface area (TPSA) is 69.2 Å². The van der Waals surface area contributed by atoms with Crippen molar-refractivity contribution in [2.75, 3.05) is 19.6 Å². The van der Waals surface area contributed by atoms with Gasteiger partial charge in [0.05, 0.1) is 11.6 Å². The molecule has 5 nitrogen and oxygen atoms in total. The van der Waals surface area contributed by atoms with Gasteiger partial charge in [-0.25, -0.2) is 4.39 Å². The Kier molecular flexibility index (Phi) is 7.83. The van der Waals surface area contributed by atoms with Gasteiger partial charge in [-0.05, 0) is 98.2 Å². The van der Waals surface area contributed by atoms with E-state index in [4.69, 9.17) is 0 Å². The second-order valence-electron chi connectivity index (χ2n) is 12.3. The number of nitrogens with zero attached hydrogens (tertiary/aromatic N) is 2. The number of likely N-dealkylation sites (tertiary alicyclic amines) is 1. The molecule has 1 aliphatic heterocycles. The van der Waals surface area contributed by atoms with Gasteiger partial charge in [-0.3, -0.25) is 9.89 Å². The van der Waals surface area contributed by atoms with Crippen molar-refractivity contribution in [3.63, 3.8) is 0 Å². The Labute approximate surface area is 230 Å². The van der Waals surface area contributed by atoms with Crippen LogP contribution < -0.4 is 0 Å². The van der Waals surface area contributed by atoms with Crippen LogP contribution in [-0.4, -0.2) is 45.8 Å². The highest BCUT2D eigenvalue weighted by Crippen LogP contribution is 2.49. The van der Waals surface area contributed by atoms with Crippen LogP contribution >= 0.6 is 0 Å². The molecule has 6 rings (SSSR count). The minimum atomic E-state index is -0.642. The zero-order valence-corrected chi connectivity index (χ0v) is 22.6. The summed E-state index contributed by atoms with van der Waals surface area (Å²) < 4.78 is 14.2. The summed E-state index contributed by atoms with van der Waals surface area (Å²) in [5.41, 5.74) is 4.65. The number of nitrogens with one attached hydrogen (secondary N) is 1. The second-order valence-corrected chi connectivity index (χ2v) is 12.3. The molecule has 1 aromatic heterocycles. The first kappa shape index (κ1) is 26.2. The number of aromatic nitrogens is 2. The maximum absolute atomic E-state index is 14.2. The van der Waals surface area contributed by atoms with Crippen molar-refractivity contribution in [1.29, 1.82) is 0 Å². The Hall–Kier alpha value is -2.99. The Bertz CT molecular complexity index is 1250. The summed E-state index contributed by atoms with van der Waals surface area (Å²) in [5.74, 6) is 0.693. The van der Waals surface area contributed by atoms with Crippen LogP contribution in [0.1, 0.15) is 79.3 Å². The zero-order chi connectivity index (χ0) is 26.8. The molecule has 2 aromatic carbocycles. The molecule has 2 N–H and O–H groups in total. The standard InChI is InChI=1S/C33H40FN3O2/c34-28-8-4-7-25(18-28)30-19-26(31(33(38)39)16-23-9-10-23)17-27(30)21-37-13-11-24(12-14-37)32-20-29(35-36-32)15-22-5-2-1-3-6-22/h1-8,18,20,23-24,26-27,30-31H,9-17,19,21H2,(H,35,36)(H,38,39)/t26?,27-,30-,31?/m1/s1. The predicted molar refractivity (Wildman–Crippen MR) is 150 cm³/mol. The number of hydrogen-bond acceptors (Lipinski definition) is 3. The molecule has 0 radical (unpaired) electrons. The maximum atomic E-state index is 14.2. The summed E-state index contributed by atoms with van der Waals surface area (Å²) in [5, 5.41) is 18.0. The van der Waals surface area contributed by atoms with Gasteiger partial charge < -0.3 is 10.0 Å². The fourth-order valence-electron chi connectivity index (χ4n) is 7.29. The molecule has 2 aliphatic carbocycles. The molecule has 2 saturated carbocycles. The summed E-state index contributed by atoms with van der Waals surface area (Å²) in [6.07, 6.45) is 7.96. The number of carbonyl (C=O) groups is 1. The highest BCUT2D eigenvalue weighted by atomic mass is 19.1. The lowest BCUT2D eigenvalue weighted by atomic mass is 9.85. The quantitative estimate of drug-likeness (QED) is 0.309. The van der Waals surface area contributed by atoms with E-state index >= 15 is 0 Å². The van der Waals surface area contributed by atoms with Gasteiger partial charge in [-0.15, -0.1) is 0 Å². The average molecular weight is 530 g/mol. The van der Waals surface area contributed by atoms with Gasteiger partial charge in [0.25, 0.3) is 0 Å². The number of hydrogen-bond donors (Lipinski definition) is 2. The number of piperidine rings is 1. The maximum Gasteiger partial charge on any atom is 0.306 e. The molecule has 0 spiro atoms. The molecule has 206 valence electrons. The normalized spacial score (nSPS) is 25.1. The third-order valence-corrected chi connectivity index (χ3v) is 9.57. The van der Waals surface area contributed by atoms with Crippen molar-refractivity contribution in [1.82, 2.24) is 15.1 Å². The fraction of sp³-hybridized carbons (Fsp3) is 0.515. The number of halogens is 1. The summed E-state index contributed by atoms with van der Waals surface area (Å²) in [6, 6.07) is 19.7. The van der Waals surface area contributed by atoms with Gasteiger partial charge >= 0.3 is 5.97 Å². The third kappa shape index (κ3) is 6.43. The monoisotopic (exact) mass is 529 g/mol. The van der Waals surface area contributed by atoms with Crippen LogP contribution in [0.3, 0.4) is 0 Å². The molecule has 3 aliphatic rings. The summed E-state index contributed by atoms with van der Waals surface area (Å²) in [7, 11) is 0. The van der Waals surface area contributed by atoms with Crippen molar-refractivity contribution in [3.8, 4) is 0 Å². The van der Waals surface area contributed by atoms with E-state index in [1.54, 1.807) is 12.1 Å². The van der Waals surface area contributed by atoms with Gasteiger partial charge in [0.1, 0.15) is 5.82 Å². The van der Waals surface area contributed by atoms with E-state index in [0.717, 1.165) is 69.4 Å². The molecule has 0 bridgehead atoms. The predicted octanol–water partition coefficient (Wildman–Crippen LogP) is 6.63. The van der Waals surface area contributed by atoms with E-state index in [1.807, 2.05) is 12.1 Å². The first-order valence-electron chi connectivity index (χ1n) is 14.8. The summed E-state index contributed by atoms with van der Waals surface area (Å²) in [4.78, 5) is 14.8. The number of aliphatic carboxylic acids is 1. The Morgan fingerprint density at radius 2 is 1.82 bits per heavy atom. The van der Waals surface area contributed by atoms with Crippen LogP contribution in [0.5, 0.6) is 0 Å². The molecule has 2 heterocycles. The van der Waals surface area contributed by atoms with Gasteiger partial charge in [-0.1, -0.05) is 55.3 Å². The van der Waals surface area contributed by atoms with Crippen molar-refractivity contribution in [3.05, 3.63) is 89.0 Å². The third-order valence-electron chi connectivity index (χ3n) is 9.57. The smallest absolute Gasteiger partial charge is 0.306 e. The highest BCUT2D eigenvalue weighted by molar-refractivity contribution is 5.70. The van der Waals surface area contributed by atoms with Crippen LogP contribution in [0.25, 0.3) is 0 Å². The number of carboxylic acid groups (broad SMARTS) is 1. The number of benzene rings is 2. The van der Waals surface area contributed by atoms with E-state index in [-0.39, 0.29) is 23.6 Å². The van der Waals surface area contributed by atoms with Crippen LogP contribution in [0, 0.1) is 29.5 Å².